The first-order chi connectivity index (χ1) is 24.1. The summed E-state index contributed by atoms with van der Waals surface area (Å²) in [5.74, 6) is 0.926. The summed E-state index contributed by atoms with van der Waals surface area (Å²) in [7, 11) is 0. The van der Waals surface area contributed by atoms with E-state index in [2.05, 4.69) is 46.1 Å². The van der Waals surface area contributed by atoms with E-state index in [4.69, 9.17) is 32.7 Å². The standard InChI is InChI=1S/C17H17BrClN5O2.C17H18ClN5O2/c1-17(2,3)26-16(25)23(10-11-5-4-6-20-8-11)14-7-13(19)22-15-12(18)9-21-24(14)15;1-17(2,3)25-16(24)22(11-12-4-7-19-8-5-12)15-10-13(18)21-14-6-9-20-23(14)15/h4-9H,10H2,1-3H3;4-10H,11H2,1-3H3. The topological polar surface area (TPSA) is 145 Å². The molecule has 0 fully saturated rings. The smallest absolute Gasteiger partial charge is 0.416 e. The molecule has 14 nitrogen and oxygen atoms in total. The summed E-state index contributed by atoms with van der Waals surface area (Å²) in [5, 5.41) is 9.03. The van der Waals surface area contributed by atoms with Gasteiger partial charge in [-0.2, -0.15) is 19.2 Å². The van der Waals surface area contributed by atoms with Crippen molar-refractivity contribution in [3.63, 3.8) is 0 Å². The second-order valence-electron chi connectivity index (χ2n) is 13.1. The highest BCUT2D eigenvalue weighted by atomic mass is 79.9. The third kappa shape index (κ3) is 9.90. The molecule has 2 amide bonds. The molecule has 0 N–H and O–H groups in total. The lowest BCUT2D eigenvalue weighted by Gasteiger charge is -2.27. The number of fused-ring (bicyclic) bond motifs is 2. The van der Waals surface area contributed by atoms with Gasteiger partial charge in [0.1, 0.15) is 33.1 Å². The van der Waals surface area contributed by atoms with Crippen LogP contribution in [0.25, 0.3) is 11.3 Å². The van der Waals surface area contributed by atoms with Gasteiger partial charge in [-0.3, -0.25) is 19.8 Å². The van der Waals surface area contributed by atoms with Crippen LogP contribution in [0.5, 0.6) is 0 Å². The van der Waals surface area contributed by atoms with Gasteiger partial charge in [-0.1, -0.05) is 29.3 Å². The summed E-state index contributed by atoms with van der Waals surface area (Å²) in [6.45, 7) is 11.4. The molecule has 6 heterocycles. The third-order valence-electron chi connectivity index (χ3n) is 6.62. The van der Waals surface area contributed by atoms with Crippen LogP contribution in [0.15, 0.2) is 84.1 Å². The highest BCUT2D eigenvalue weighted by Gasteiger charge is 2.28. The molecule has 17 heteroatoms. The molecule has 6 aromatic heterocycles. The number of amides is 2. The van der Waals surface area contributed by atoms with Crippen LogP contribution < -0.4 is 9.80 Å². The average molecular weight is 799 g/mol. The van der Waals surface area contributed by atoms with Crippen molar-refractivity contribution in [2.75, 3.05) is 9.80 Å². The molecule has 0 saturated carbocycles. The molecule has 6 rings (SSSR count). The van der Waals surface area contributed by atoms with E-state index in [0.717, 1.165) is 11.1 Å². The van der Waals surface area contributed by atoms with E-state index < -0.39 is 23.4 Å². The minimum Gasteiger partial charge on any atom is -0.443 e. The molecular formula is C34H35BrCl2N10O4. The molecule has 0 bridgehead atoms. The summed E-state index contributed by atoms with van der Waals surface area (Å²) in [6, 6.07) is 12.2. The summed E-state index contributed by atoms with van der Waals surface area (Å²) >= 11 is 15.7. The monoisotopic (exact) mass is 796 g/mol. The zero-order chi connectivity index (χ0) is 36.9. The Kier molecular flexibility index (Phi) is 11.4. The van der Waals surface area contributed by atoms with Gasteiger partial charge >= 0.3 is 12.2 Å². The van der Waals surface area contributed by atoms with Crippen LogP contribution in [-0.2, 0) is 22.6 Å². The van der Waals surface area contributed by atoms with Crippen molar-refractivity contribution in [2.24, 2.45) is 0 Å². The molecule has 0 aromatic carbocycles. The normalized spacial score (nSPS) is 11.5. The number of pyridine rings is 2. The molecule has 0 aliphatic heterocycles. The minimum absolute atomic E-state index is 0.244. The molecule has 0 aliphatic rings. The first-order valence-corrected chi connectivity index (χ1v) is 17.1. The Bertz CT molecular complexity index is 2130. The van der Waals surface area contributed by atoms with Crippen LogP contribution in [0, 0.1) is 0 Å². The van der Waals surface area contributed by atoms with Crippen LogP contribution in [-0.4, -0.2) is 62.6 Å². The van der Waals surface area contributed by atoms with E-state index >= 15 is 0 Å². The van der Waals surface area contributed by atoms with Gasteiger partial charge in [-0.05, 0) is 86.8 Å². The predicted octanol–water partition coefficient (Wildman–Crippen LogP) is 8.20. The first kappa shape index (κ1) is 37.4. The molecule has 0 saturated heterocycles. The SMILES string of the molecule is CC(C)(C)OC(=O)N(Cc1cccnc1)c1cc(Cl)nc2c(Br)cnn12.CC(C)(C)OC(=O)N(Cc1ccncc1)c1cc(Cl)nc2ccnn12. The summed E-state index contributed by atoms with van der Waals surface area (Å²) < 4.78 is 14.9. The fourth-order valence-corrected chi connectivity index (χ4v) is 5.31. The zero-order valence-corrected chi connectivity index (χ0v) is 31.8. The number of rotatable bonds is 6. The number of hydrogen-bond donors (Lipinski definition) is 0. The highest BCUT2D eigenvalue weighted by Crippen LogP contribution is 2.28. The molecule has 0 aliphatic carbocycles. The van der Waals surface area contributed by atoms with Crippen LogP contribution in [0.1, 0.15) is 52.7 Å². The van der Waals surface area contributed by atoms with Crippen molar-refractivity contribution < 1.29 is 19.1 Å². The van der Waals surface area contributed by atoms with Gasteiger partial charge in [0.25, 0.3) is 0 Å². The number of carbonyl (C=O) groups excluding carboxylic acids is 2. The third-order valence-corrected chi connectivity index (χ3v) is 7.57. The second-order valence-corrected chi connectivity index (χ2v) is 14.7. The Morgan fingerprint density at radius 3 is 1.90 bits per heavy atom. The Balaban J connectivity index is 0.000000198. The molecule has 0 radical (unpaired) electrons. The number of ether oxygens (including phenoxy) is 2. The van der Waals surface area contributed by atoms with Crippen molar-refractivity contribution in [1.82, 2.24) is 39.2 Å². The van der Waals surface area contributed by atoms with Gasteiger partial charge in [-0.25, -0.2) is 19.6 Å². The maximum atomic E-state index is 12.9. The maximum Gasteiger partial charge on any atom is 0.416 e. The molecule has 0 unspecified atom stereocenters. The highest BCUT2D eigenvalue weighted by molar-refractivity contribution is 9.10. The second kappa shape index (κ2) is 15.6. The average Bonchev–Trinajstić information content (AvgIpc) is 3.68. The van der Waals surface area contributed by atoms with Crippen molar-refractivity contribution in [3.8, 4) is 0 Å². The number of hydrogen-bond acceptors (Lipinski definition) is 10. The largest absolute Gasteiger partial charge is 0.443 e. The Hall–Kier alpha value is -4.86. The van der Waals surface area contributed by atoms with Crippen molar-refractivity contribution in [2.45, 2.75) is 65.8 Å². The number of halogens is 3. The quantitative estimate of drug-likeness (QED) is 0.151. The molecular weight excluding hydrogens is 763 g/mol. The summed E-state index contributed by atoms with van der Waals surface area (Å²) in [6.07, 6.45) is 8.89. The number of aromatic nitrogens is 8. The van der Waals surface area contributed by atoms with E-state index in [1.807, 2.05) is 65.8 Å². The lowest BCUT2D eigenvalue weighted by molar-refractivity contribution is 0.0564. The number of carbonyl (C=O) groups is 2. The van der Waals surface area contributed by atoms with Crippen LogP contribution >= 0.6 is 39.1 Å². The Morgan fingerprint density at radius 1 is 0.725 bits per heavy atom. The van der Waals surface area contributed by atoms with E-state index in [1.54, 1.807) is 59.9 Å². The van der Waals surface area contributed by atoms with Crippen LogP contribution in [0.3, 0.4) is 0 Å². The van der Waals surface area contributed by atoms with Crippen LogP contribution in [0.4, 0.5) is 21.2 Å². The molecule has 6 aromatic rings. The molecule has 0 spiro atoms. The number of nitrogens with zero attached hydrogens (tertiary/aromatic N) is 10. The van der Waals surface area contributed by atoms with E-state index in [-0.39, 0.29) is 23.4 Å². The maximum absolute atomic E-state index is 12.9. The fraction of sp³-hybridized carbons (Fsp3) is 0.294. The van der Waals surface area contributed by atoms with Crippen molar-refractivity contribution >= 4 is 74.2 Å². The lowest BCUT2D eigenvalue weighted by atomic mass is 10.2. The summed E-state index contributed by atoms with van der Waals surface area (Å²) in [5.41, 5.74) is 1.51. The summed E-state index contributed by atoms with van der Waals surface area (Å²) in [4.78, 5) is 45.2. The minimum atomic E-state index is -0.648. The van der Waals surface area contributed by atoms with Crippen molar-refractivity contribution in [3.05, 3.63) is 106 Å². The Morgan fingerprint density at radius 2 is 1.31 bits per heavy atom. The predicted molar refractivity (Wildman–Crippen MR) is 197 cm³/mol. The molecule has 0 atom stereocenters. The molecule has 266 valence electrons. The van der Waals surface area contributed by atoms with E-state index in [0.29, 0.717) is 27.4 Å². The van der Waals surface area contributed by atoms with Gasteiger partial charge in [0.2, 0.25) is 0 Å². The Labute approximate surface area is 312 Å². The van der Waals surface area contributed by atoms with Gasteiger partial charge < -0.3 is 9.47 Å². The van der Waals surface area contributed by atoms with Gasteiger partial charge in [-0.15, -0.1) is 0 Å². The number of anilines is 2. The van der Waals surface area contributed by atoms with E-state index in [9.17, 15) is 9.59 Å². The lowest BCUT2D eigenvalue weighted by Crippen LogP contribution is -2.37. The fourth-order valence-electron chi connectivity index (χ4n) is 4.60. The zero-order valence-electron chi connectivity index (χ0n) is 28.7. The van der Waals surface area contributed by atoms with Crippen LogP contribution in [0.2, 0.25) is 10.3 Å². The molecule has 51 heavy (non-hydrogen) atoms. The van der Waals surface area contributed by atoms with Gasteiger partial charge in [0, 0.05) is 43.0 Å². The van der Waals surface area contributed by atoms with Gasteiger partial charge in [0.15, 0.2) is 11.3 Å². The van der Waals surface area contributed by atoms with E-state index in [1.165, 1.54) is 14.3 Å². The first-order valence-electron chi connectivity index (χ1n) is 15.6. The van der Waals surface area contributed by atoms with Gasteiger partial charge in [0.05, 0.1) is 30.0 Å². The van der Waals surface area contributed by atoms with Crippen molar-refractivity contribution in [1.29, 1.82) is 0 Å².